The highest BCUT2D eigenvalue weighted by atomic mass is 16.5. The molecule has 0 unspecified atom stereocenters. The van der Waals surface area contributed by atoms with Gasteiger partial charge in [0.05, 0.1) is 5.92 Å². The van der Waals surface area contributed by atoms with Gasteiger partial charge in [0.1, 0.15) is 12.6 Å². The van der Waals surface area contributed by atoms with E-state index in [1.165, 1.54) is 0 Å². The fourth-order valence-corrected chi connectivity index (χ4v) is 4.85. The van der Waals surface area contributed by atoms with Gasteiger partial charge in [0.15, 0.2) is 0 Å². The molecule has 4 rings (SSSR count). The van der Waals surface area contributed by atoms with Crippen LogP contribution in [0.25, 0.3) is 11.1 Å². The number of hydrogen-bond donors (Lipinski definition) is 3. The molecule has 3 N–H and O–H groups in total. The van der Waals surface area contributed by atoms with Gasteiger partial charge in [-0.1, -0.05) is 61.9 Å². The minimum Gasteiger partial charge on any atom is -0.481 e. The van der Waals surface area contributed by atoms with Crippen molar-refractivity contribution < 1.29 is 24.2 Å². The van der Waals surface area contributed by atoms with Crippen LogP contribution in [0.2, 0.25) is 0 Å². The van der Waals surface area contributed by atoms with Gasteiger partial charge < -0.3 is 20.5 Å². The van der Waals surface area contributed by atoms with E-state index in [0.717, 1.165) is 28.7 Å². The molecule has 2 aliphatic carbocycles. The van der Waals surface area contributed by atoms with Gasteiger partial charge in [-0.25, -0.2) is 4.79 Å². The Morgan fingerprint density at radius 2 is 1.66 bits per heavy atom. The highest BCUT2D eigenvalue weighted by Gasteiger charge is 2.35. The lowest BCUT2D eigenvalue weighted by Crippen LogP contribution is -2.51. The Hall–Kier alpha value is -3.35. The minimum absolute atomic E-state index is 0.0585. The number of benzene rings is 2. The number of carbonyl (C=O) groups is 3. The van der Waals surface area contributed by atoms with E-state index in [1.807, 2.05) is 36.4 Å². The molecule has 0 aliphatic heterocycles. The molecule has 0 spiro atoms. The summed E-state index contributed by atoms with van der Waals surface area (Å²) in [6.07, 6.45) is 1.66. The van der Waals surface area contributed by atoms with Crippen LogP contribution in [0, 0.1) is 5.92 Å². The Bertz CT molecular complexity index is 975. The highest BCUT2D eigenvalue weighted by molar-refractivity contribution is 5.86. The van der Waals surface area contributed by atoms with Crippen LogP contribution in [0.4, 0.5) is 4.79 Å². The van der Waals surface area contributed by atoms with E-state index in [0.29, 0.717) is 19.3 Å². The van der Waals surface area contributed by atoms with Crippen molar-refractivity contribution in [1.82, 2.24) is 10.6 Å². The van der Waals surface area contributed by atoms with Crippen molar-refractivity contribution >= 4 is 18.0 Å². The maximum atomic E-state index is 12.6. The molecular weight excluding hydrogens is 408 g/mol. The Kier molecular flexibility index (Phi) is 6.44. The standard InChI is InChI=1S/C25H28N2O5/c1-2-21(23(28)26-22-13-7-12-19(22)24(29)30)27-25(31)32-14-20-17-10-5-3-8-15(17)16-9-4-6-11-18(16)20/h3-6,8-11,19-22H,2,7,12-14H2,1H3,(H,26,28)(H,27,31)(H,29,30)/t19-,21+,22+/m1/s1. The van der Waals surface area contributed by atoms with Gasteiger partial charge in [-0.2, -0.15) is 0 Å². The van der Waals surface area contributed by atoms with Crippen LogP contribution in [0.15, 0.2) is 48.5 Å². The number of ether oxygens (including phenoxy) is 1. The zero-order chi connectivity index (χ0) is 22.7. The van der Waals surface area contributed by atoms with Crippen LogP contribution < -0.4 is 10.6 Å². The second-order valence-corrected chi connectivity index (χ2v) is 8.42. The summed E-state index contributed by atoms with van der Waals surface area (Å²) in [5.41, 5.74) is 4.53. The first-order valence-electron chi connectivity index (χ1n) is 11.1. The third-order valence-corrected chi connectivity index (χ3v) is 6.52. The molecule has 7 heteroatoms. The quantitative estimate of drug-likeness (QED) is 0.614. The molecule has 3 atom stereocenters. The van der Waals surface area contributed by atoms with Crippen molar-refractivity contribution in [3.63, 3.8) is 0 Å². The zero-order valence-electron chi connectivity index (χ0n) is 18.0. The normalized spacial score (nSPS) is 20.2. The van der Waals surface area contributed by atoms with Crippen LogP contribution in [0.1, 0.15) is 49.7 Å². The van der Waals surface area contributed by atoms with Crippen LogP contribution in [0.5, 0.6) is 0 Å². The number of fused-ring (bicyclic) bond motifs is 3. The molecule has 0 bridgehead atoms. The molecule has 0 saturated heterocycles. The largest absolute Gasteiger partial charge is 0.481 e. The molecule has 168 valence electrons. The summed E-state index contributed by atoms with van der Waals surface area (Å²) in [6, 6.07) is 15.0. The van der Waals surface area contributed by atoms with E-state index in [-0.39, 0.29) is 18.4 Å². The number of alkyl carbamates (subject to hydrolysis) is 1. The monoisotopic (exact) mass is 436 g/mol. The maximum absolute atomic E-state index is 12.6. The van der Waals surface area contributed by atoms with Crippen molar-refractivity contribution in [1.29, 1.82) is 0 Å². The summed E-state index contributed by atoms with van der Waals surface area (Å²) >= 11 is 0. The molecule has 1 saturated carbocycles. The smallest absolute Gasteiger partial charge is 0.407 e. The minimum atomic E-state index is -0.898. The zero-order valence-corrected chi connectivity index (χ0v) is 18.0. The third-order valence-electron chi connectivity index (χ3n) is 6.52. The van der Waals surface area contributed by atoms with Gasteiger partial charge in [0.2, 0.25) is 5.91 Å². The first kappa shape index (κ1) is 21.9. The number of carboxylic acids is 1. The number of aliphatic carboxylic acids is 1. The fraction of sp³-hybridized carbons (Fsp3) is 0.400. The predicted molar refractivity (Wildman–Crippen MR) is 119 cm³/mol. The van der Waals surface area contributed by atoms with Crippen molar-refractivity contribution in [3.8, 4) is 11.1 Å². The highest BCUT2D eigenvalue weighted by Crippen LogP contribution is 2.44. The van der Waals surface area contributed by atoms with Crippen molar-refractivity contribution in [3.05, 3.63) is 59.7 Å². The van der Waals surface area contributed by atoms with Gasteiger partial charge in [-0.15, -0.1) is 0 Å². The summed E-state index contributed by atoms with van der Waals surface area (Å²) in [6.45, 7) is 1.96. The van der Waals surface area contributed by atoms with Crippen LogP contribution >= 0.6 is 0 Å². The summed E-state index contributed by atoms with van der Waals surface area (Å²) in [5, 5.41) is 14.7. The van der Waals surface area contributed by atoms with Crippen LogP contribution in [-0.4, -0.2) is 41.8 Å². The molecule has 2 aromatic carbocycles. The average Bonchev–Trinajstić information content (AvgIpc) is 3.38. The first-order chi connectivity index (χ1) is 15.5. The van der Waals surface area contributed by atoms with Gasteiger partial charge in [-0.05, 0) is 41.5 Å². The third kappa shape index (κ3) is 4.33. The average molecular weight is 437 g/mol. The lowest BCUT2D eigenvalue weighted by atomic mass is 9.98. The summed E-state index contributed by atoms with van der Waals surface area (Å²) in [5.74, 6) is -1.91. The molecular formula is C25H28N2O5. The van der Waals surface area contributed by atoms with Crippen LogP contribution in [0.3, 0.4) is 0 Å². The van der Waals surface area contributed by atoms with E-state index in [2.05, 4.69) is 22.8 Å². The Morgan fingerprint density at radius 3 is 2.25 bits per heavy atom. The Morgan fingerprint density at radius 1 is 1.03 bits per heavy atom. The van der Waals surface area contributed by atoms with Crippen molar-refractivity contribution in [2.24, 2.45) is 5.92 Å². The van der Waals surface area contributed by atoms with E-state index < -0.39 is 30.1 Å². The van der Waals surface area contributed by atoms with Gasteiger partial charge in [-0.3, -0.25) is 9.59 Å². The molecule has 2 amide bonds. The second kappa shape index (κ2) is 9.42. The van der Waals surface area contributed by atoms with Gasteiger partial charge in [0.25, 0.3) is 0 Å². The molecule has 2 aromatic rings. The Balaban J connectivity index is 1.36. The lowest BCUT2D eigenvalue weighted by Gasteiger charge is -2.22. The topological polar surface area (TPSA) is 105 Å². The summed E-state index contributed by atoms with van der Waals surface area (Å²) in [4.78, 5) is 36.5. The first-order valence-corrected chi connectivity index (χ1v) is 11.1. The molecule has 1 fully saturated rings. The van der Waals surface area contributed by atoms with Crippen LogP contribution in [-0.2, 0) is 14.3 Å². The molecule has 0 radical (unpaired) electrons. The Labute approximate surface area is 187 Å². The molecule has 0 heterocycles. The van der Waals surface area contributed by atoms with E-state index in [1.54, 1.807) is 6.92 Å². The number of rotatable bonds is 7. The SMILES string of the molecule is CC[C@H](NC(=O)OCC1c2ccccc2-c2ccccc21)C(=O)N[C@H]1CCC[C@H]1C(=O)O. The van der Waals surface area contributed by atoms with E-state index in [9.17, 15) is 19.5 Å². The van der Waals surface area contributed by atoms with Crippen molar-refractivity contribution in [2.75, 3.05) is 6.61 Å². The molecule has 2 aliphatic rings. The number of amides is 2. The van der Waals surface area contributed by atoms with E-state index >= 15 is 0 Å². The summed E-state index contributed by atoms with van der Waals surface area (Å²) < 4.78 is 5.53. The number of nitrogens with one attached hydrogen (secondary N) is 2. The second-order valence-electron chi connectivity index (χ2n) is 8.42. The van der Waals surface area contributed by atoms with Gasteiger partial charge in [0, 0.05) is 12.0 Å². The fourth-order valence-electron chi connectivity index (χ4n) is 4.85. The maximum Gasteiger partial charge on any atom is 0.407 e. The van der Waals surface area contributed by atoms with Gasteiger partial charge >= 0.3 is 12.1 Å². The molecule has 32 heavy (non-hydrogen) atoms. The lowest BCUT2D eigenvalue weighted by molar-refractivity contribution is -0.142. The molecule has 7 nitrogen and oxygen atoms in total. The predicted octanol–water partition coefficient (Wildman–Crippen LogP) is 3.67. The molecule has 0 aromatic heterocycles. The number of carboxylic acid groups (broad SMARTS) is 1. The van der Waals surface area contributed by atoms with E-state index in [4.69, 9.17) is 4.74 Å². The number of hydrogen-bond acceptors (Lipinski definition) is 4. The summed E-state index contributed by atoms with van der Waals surface area (Å²) in [7, 11) is 0. The van der Waals surface area contributed by atoms with Crippen molar-refractivity contribution in [2.45, 2.75) is 50.6 Å². The number of carbonyl (C=O) groups excluding carboxylic acids is 2.